The van der Waals surface area contributed by atoms with Gasteiger partial charge in [0.05, 0.1) is 5.69 Å². The second-order valence-electron chi connectivity index (χ2n) is 5.78. The molecule has 1 aromatic carbocycles. The molecule has 2 heterocycles. The summed E-state index contributed by atoms with van der Waals surface area (Å²) in [6.45, 7) is 6.21. The molecule has 5 heteroatoms. The van der Waals surface area contributed by atoms with Crippen LogP contribution in [-0.2, 0) is 0 Å². The molecule has 1 aromatic heterocycles. The van der Waals surface area contributed by atoms with Gasteiger partial charge in [0.2, 0.25) is 5.69 Å². The number of aromatic nitrogens is 3. The lowest BCUT2D eigenvalue weighted by Gasteiger charge is -2.30. The number of nitrogens with zero attached hydrogens (tertiary/aromatic N) is 5. The lowest BCUT2D eigenvalue weighted by atomic mass is 9.99. The fourth-order valence-electron chi connectivity index (χ4n) is 2.60. The summed E-state index contributed by atoms with van der Waals surface area (Å²) in [5.41, 5.74) is 2.48. The van der Waals surface area contributed by atoms with Crippen molar-refractivity contribution in [2.75, 3.05) is 18.0 Å². The van der Waals surface area contributed by atoms with E-state index in [1.54, 1.807) is 4.80 Å². The van der Waals surface area contributed by atoms with Crippen LogP contribution in [0.25, 0.3) is 5.69 Å². The Balaban J connectivity index is 1.91. The van der Waals surface area contributed by atoms with Crippen molar-refractivity contribution < 1.29 is 0 Å². The van der Waals surface area contributed by atoms with Crippen LogP contribution in [0, 0.1) is 24.2 Å². The van der Waals surface area contributed by atoms with Gasteiger partial charge in [0.25, 0.3) is 0 Å². The lowest BCUT2D eigenvalue weighted by Crippen LogP contribution is -2.33. The zero-order valence-corrected chi connectivity index (χ0v) is 12.5. The Morgan fingerprint density at radius 3 is 2.43 bits per heavy atom. The maximum absolute atomic E-state index is 9.31. The Hall–Kier alpha value is -2.35. The molecular weight excluding hydrogens is 262 g/mol. The van der Waals surface area contributed by atoms with Crippen molar-refractivity contribution in [1.82, 2.24) is 15.0 Å². The van der Waals surface area contributed by atoms with Crippen molar-refractivity contribution in [3.8, 4) is 11.8 Å². The van der Waals surface area contributed by atoms with Crippen LogP contribution in [0.1, 0.15) is 31.0 Å². The molecule has 1 fully saturated rings. The highest BCUT2D eigenvalue weighted by Crippen LogP contribution is 2.24. The van der Waals surface area contributed by atoms with Crippen LogP contribution in [0.4, 0.5) is 5.82 Å². The van der Waals surface area contributed by atoms with Gasteiger partial charge in [-0.2, -0.15) is 5.26 Å². The summed E-state index contributed by atoms with van der Waals surface area (Å²) in [6, 6.07) is 10.2. The Morgan fingerprint density at radius 1 is 1.14 bits per heavy atom. The lowest BCUT2D eigenvalue weighted by molar-refractivity contribution is 0.436. The fraction of sp³-hybridized carbons (Fsp3) is 0.438. The van der Waals surface area contributed by atoms with E-state index in [0.29, 0.717) is 11.5 Å². The van der Waals surface area contributed by atoms with E-state index in [4.69, 9.17) is 0 Å². The van der Waals surface area contributed by atoms with Gasteiger partial charge in [-0.15, -0.1) is 15.0 Å². The normalized spacial score (nSPS) is 16.0. The van der Waals surface area contributed by atoms with Gasteiger partial charge in [0.1, 0.15) is 6.07 Å². The summed E-state index contributed by atoms with van der Waals surface area (Å²) >= 11 is 0. The van der Waals surface area contributed by atoms with Crippen molar-refractivity contribution in [3.63, 3.8) is 0 Å². The molecule has 0 N–H and O–H groups in total. The summed E-state index contributed by atoms with van der Waals surface area (Å²) < 4.78 is 0. The van der Waals surface area contributed by atoms with Gasteiger partial charge in [0.15, 0.2) is 5.82 Å². The van der Waals surface area contributed by atoms with E-state index in [0.717, 1.165) is 37.5 Å². The van der Waals surface area contributed by atoms with E-state index < -0.39 is 0 Å². The zero-order chi connectivity index (χ0) is 14.8. The number of rotatable bonds is 2. The molecule has 1 aliphatic heterocycles. The van der Waals surface area contributed by atoms with Gasteiger partial charge in [-0.25, -0.2) is 0 Å². The van der Waals surface area contributed by atoms with Crippen molar-refractivity contribution in [3.05, 3.63) is 35.5 Å². The zero-order valence-electron chi connectivity index (χ0n) is 12.5. The highest BCUT2D eigenvalue weighted by molar-refractivity contribution is 5.50. The molecule has 0 radical (unpaired) electrons. The number of aryl methyl sites for hydroxylation is 1. The highest BCUT2D eigenvalue weighted by atomic mass is 15.5. The van der Waals surface area contributed by atoms with Gasteiger partial charge < -0.3 is 4.90 Å². The first-order valence-electron chi connectivity index (χ1n) is 7.37. The van der Waals surface area contributed by atoms with Gasteiger partial charge >= 0.3 is 0 Å². The van der Waals surface area contributed by atoms with E-state index in [-0.39, 0.29) is 0 Å². The molecule has 0 aliphatic carbocycles. The molecule has 108 valence electrons. The molecule has 0 atom stereocenters. The summed E-state index contributed by atoms with van der Waals surface area (Å²) in [5, 5.41) is 18.2. The first kappa shape index (κ1) is 13.6. The molecule has 1 saturated heterocycles. The second-order valence-corrected chi connectivity index (χ2v) is 5.78. The minimum Gasteiger partial charge on any atom is -0.353 e. The van der Waals surface area contributed by atoms with Crippen molar-refractivity contribution in [1.29, 1.82) is 5.26 Å². The van der Waals surface area contributed by atoms with Gasteiger partial charge in [-0.05, 0) is 37.8 Å². The Kier molecular flexibility index (Phi) is 3.61. The molecular formula is C16H19N5. The van der Waals surface area contributed by atoms with Gasteiger partial charge in [-0.1, -0.05) is 24.6 Å². The Bertz CT molecular complexity index is 657. The first-order valence-corrected chi connectivity index (χ1v) is 7.37. The molecule has 5 nitrogen and oxygen atoms in total. The predicted molar refractivity (Wildman–Crippen MR) is 81.4 cm³/mol. The minimum atomic E-state index is 0.408. The monoisotopic (exact) mass is 281 g/mol. The van der Waals surface area contributed by atoms with Crippen LogP contribution < -0.4 is 4.90 Å². The number of hydrogen-bond donors (Lipinski definition) is 0. The predicted octanol–water partition coefficient (Wildman–Crippen LogP) is 2.68. The maximum Gasteiger partial charge on any atom is 0.207 e. The van der Waals surface area contributed by atoms with E-state index in [1.807, 2.05) is 31.2 Å². The highest BCUT2D eigenvalue weighted by Gasteiger charge is 2.22. The van der Waals surface area contributed by atoms with Crippen LogP contribution in [0.5, 0.6) is 0 Å². The van der Waals surface area contributed by atoms with Gasteiger partial charge in [0, 0.05) is 13.1 Å². The standard InChI is InChI=1S/C16H19N5/c1-12-3-5-14(6-4-12)21-18-15(11-17)16(19-21)20-9-7-13(2)8-10-20/h3-6,13H,7-10H2,1-2H3. The minimum absolute atomic E-state index is 0.408. The van der Waals surface area contributed by atoms with E-state index in [2.05, 4.69) is 28.1 Å². The van der Waals surface area contributed by atoms with Gasteiger partial charge in [-0.3, -0.25) is 0 Å². The third-order valence-electron chi connectivity index (χ3n) is 4.05. The number of anilines is 1. The summed E-state index contributed by atoms with van der Waals surface area (Å²) in [5.74, 6) is 1.46. The van der Waals surface area contributed by atoms with Crippen LogP contribution in [0.3, 0.4) is 0 Å². The summed E-state index contributed by atoms with van der Waals surface area (Å²) in [6.07, 6.45) is 2.28. The number of benzene rings is 1. The molecule has 0 spiro atoms. The van der Waals surface area contributed by atoms with Crippen molar-refractivity contribution in [2.24, 2.45) is 5.92 Å². The first-order chi connectivity index (χ1) is 10.2. The van der Waals surface area contributed by atoms with Crippen LogP contribution in [0.15, 0.2) is 24.3 Å². The van der Waals surface area contributed by atoms with Crippen LogP contribution in [0.2, 0.25) is 0 Å². The molecule has 0 bridgehead atoms. The van der Waals surface area contributed by atoms with E-state index in [1.165, 1.54) is 5.56 Å². The maximum atomic E-state index is 9.31. The van der Waals surface area contributed by atoms with E-state index >= 15 is 0 Å². The molecule has 0 saturated carbocycles. The van der Waals surface area contributed by atoms with Crippen molar-refractivity contribution >= 4 is 5.82 Å². The largest absolute Gasteiger partial charge is 0.353 e. The van der Waals surface area contributed by atoms with Crippen LogP contribution >= 0.6 is 0 Å². The second kappa shape index (κ2) is 5.57. The average Bonchev–Trinajstić information content (AvgIpc) is 2.93. The average molecular weight is 281 g/mol. The third kappa shape index (κ3) is 2.75. The number of nitriles is 1. The Labute approximate surface area is 124 Å². The quantitative estimate of drug-likeness (QED) is 0.849. The third-order valence-corrected chi connectivity index (χ3v) is 4.05. The van der Waals surface area contributed by atoms with Crippen molar-refractivity contribution in [2.45, 2.75) is 26.7 Å². The summed E-state index contributed by atoms with van der Waals surface area (Å²) in [4.78, 5) is 3.74. The molecule has 2 aromatic rings. The molecule has 0 amide bonds. The number of piperidine rings is 1. The molecule has 3 rings (SSSR count). The molecule has 0 unspecified atom stereocenters. The fourth-order valence-corrected chi connectivity index (χ4v) is 2.60. The smallest absolute Gasteiger partial charge is 0.207 e. The van der Waals surface area contributed by atoms with Crippen LogP contribution in [-0.4, -0.2) is 28.1 Å². The Morgan fingerprint density at radius 2 is 1.81 bits per heavy atom. The molecule has 21 heavy (non-hydrogen) atoms. The van der Waals surface area contributed by atoms with E-state index in [9.17, 15) is 5.26 Å². The molecule has 1 aliphatic rings. The summed E-state index contributed by atoms with van der Waals surface area (Å²) in [7, 11) is 0. The topological polar surface area (TPSA) is 57.7 Å². The SMILES string of the molecule is Cc1ccc(-n2nc(C#N)c(N3CCC(C)CC3)n2)cc1. The number of hydrogen-bond acceptors (Lipinski definition) is 4.